The quantitative estimate of drug-likeness (QED) is 0.308. The summed E-state index contributed by atoms with van der Waals surface area (Å²) in [6.07, 6.45) is 8.83. The lowest BCUT2D eigenvalue weighted by Gasteiger charge is -2.22. The number of amides is 1. The van der Waals surface area contributed by atoms with Crippen LogP contribution in [-0.4, -0.2) is 36.5 Å². The number of hydrogen-bond acceptors (Lipinski definition) is 3. The summed E-state index contributed by atoms with van der Waals surface area (Å²) in [5, 5.41) is 0. The number of carbonyl (C=O) groups is 2. The molecular formula is C18H35NO3. The third-order valence-electron chi connectivity index (χ3n) is 3.57. The molecular weight excluding hydrogens is 278 g/mol. The third kappa shape index (κ3) is 10.6. The van der Waals surface area contributed by atoms with Gasteiger partial charge in [-0.25, -0.2) is 4.79 Å². The second-order valence-electron chi connectivity index (χ2n) is 6.41. The summed E-state index contributed by atoms with van der Waals surface area (Å²) in [5.41, 5.74) is 0. The van der Waals surface area contributed by atoms with E-state index in [9.17, 15) is 9.59 Å². The van der Waals surface area contributed by atoms with E-state index in [0.29, 0.717) is 19.7 Å². The molecule has 0 rings (SSSR count). The van der Waals surface area contributed by atoms with Gasteiger partial charge in [-0.3, -0.25) is 4.79 Å². The summed E-state index contributed by atoms with van der Waals surface area (Å²) in [4.78, 5) is 25.8. The van der Waals surface area contributed by atoms with Gasteiger partial charge < -0.3 is 9.64 Å². The van der Waals surface area contributed by atoms with E-state index >= 15 is 0 Å². The summed E-state index contributed by atoms with van der Waals surface area (Å²) >= 11 is 0. The minimum atomic E-state index is -0.695. The first-order valence-electron chi connectivity index (χ1n) is 8.98. The number of ether oxygens (including phenoxy) is 1. The molecule has 0 aliphatic rings. The molecule has 1 amide bonds. The fourth-order valence-electron chi connectivity index (χ4n) is 2.21. The first-order chi connectivity index (χ1) is 10.5. The Kier molecular flexibility index (Phi) is 12.9. The van der Waals surface area contributed by atoms with Crippen molar-refractivity contribution in [2.75, 3.05) is 19.7 Å². The predicted octanol–water partition coefficient (Wildman–Crippen LogP) is 4.17. The number of nitrogens with zero attached hydrogens (tertiary/aromatic N) is 1. The lowest BCUT2D eigenvalue weighted by molar-refractivity contribution is -0.161. The molecule has 0 N–H and O–H groups in total. The summed E-state index contributed by atoms with van der Waals surface area (Å²) in [6.45, 7) is 9.90. The molecule has 4 nitrogen and oxygen atoms in total. The van der Waals surface area contributed by atoms with Crippen LogP contribution >= 0.6 is 0 Å². The van der Waals surface area contributed by atoms with E-state index in [0.717, 1.165) is 25.7 Å². The maximum atomic E-state index is 12.2. The van der Waals surface area contributed by atoms with E-state index in [4.69, 9.17) is 4.74 Å². The van der Waals surface area contributed by atoms with Gasteiger partial charge in [0.05, 0.1) is 6.61 Å². The molecule has 0 heterocycles. The highest BCUT2D eigenvalue weighted by atomic mass is 16.5. The first kappa shape index (κ1) is 20.9. The molecule has 0 saturated carbocycles. The van der Waals surface area contributed by atoms with Crippen molar-refractivity contribution >= 4 is 11.9 Å². The molecule has 0 unspecified atom stereocenters. The van der Waals surface area contributed by atoms with Crippen LogP contribution < -0.4 is 0 Å². The van der Waals surface area contributed by atoms with Crippen LogP contribution in [0.5, 0.6) is 0 Å². The Balaban J connectivity index is 4.32. The average Bonchev–Trinajstić information content (AvgIpc) is 2.50. The maximum absolute atomic E-state index is 12.2. The average molecular weight is 313 g/mol. The molecule has 0 saturated heterocycles. The normalized spacial score (nSPS) is 10.8. The van der Waals surface area contributed by atoms with Crippen molar-refractivity contribution in [1.29, 1.82) is 0 Å². The van der Waals surface area contributed by atoms with Crippen LogP contribution in [0, 0.1) is 5.92 Å². The Bertz CT molecular complexity index is 291. The van der Waals surface area contributed by atoms with Gasteiger partial charge in [-0.2, -0.15) is 0 Å². The van der Waals surface area contributed by atoms with Gasteiger partial charge in [0, 0.05) is 13.1 Å². The largest absolute Gasteiger partial charge is 0.458 e. The van der Waals surface area contributed by atoms with Crippen LogP contribution in [0.3, 0.4) is 0 Å². The SMILES string of the molecule is CCCCCCN(CCCCCC)C(=O)C(=O)OCC(C)C. The molecule has 0 aromatic rings. The molecule has 0 bridgehead atoms. The van der Waals surface area contributed by atoms with Crippen LogP contribution in [-0.2, 0) is 14.3 Å². The maximum Gasteiger partial charge on any atom is 0.397 e. The highest BCUT2D eigenvalue weighted by Crippen LogP contribution is 2.07. The van der Waals surface area contributed by atoms with Crippen molar-refractivity contribution in [1.82, 2.24) is 4.90 Å². The molecule has 22 heavy (non-hydrogen) atoms. The van der Waals surface area contributed by atoms with E-state index in [2.05, 4.69) is 13.8 Å². The number of unbranched alkanes of at least 4 members (excludes halogenated alkanes) is 6. The molecule has 0 aromatic carbocycles. The van der Waals surface area contributed by atoms with Gasteiger partial charge in [0.15, 0.2) is 0 Å². The highest BCUT2D eigenvalue weighted by molar-refractivity contribution is 6.32. The number of rotatable bonds is 12. The van der Waals surface area contributed by atoms with E-state index in [1.165, 1.54) is 25.7 Å². The molecule has 0 aliphatic carbocycles. The molecule has 130 valence electrons. The fourth-order valence-corrected chi connectivity index (χ4v) is 2.21. The second kappa shape index (κ2) is 13.6. The van der Waals surface area contributed by atoms with Gasteiger partial charge in [-0.15, -0.1) is 0 Å². The standard InChI is InChI=1S/C18H35NO3/c1-5-7-9-11-13-19(14-12-10-8-6-2)17(20)18(21)22-15-16(3)4/h16H,5-15H2,1-4H3. The van der Waals surface area contributed by atoms with Crippen molar-refractivity contribution in [3.8, 4) is 0 Å². The zero-order chi connectivity index (χ0) is 16.8. The molecule has 0 spiro atoms. The summed E-state index contributed by atoms with van der Waals surface area (Å²) < 4.78 is 5.07. The topological polar surface area (TPSA) is 46.6 Å². The zero-order valence-electron chi connectivity index (χ0n) is 15.0. The smallest absolute Gasteiger partial charge is 0.397 e. The summed E-state index contributed by atoms with van der Waals surface area (Å²) in [6, 6.07) is 0. The van der Waals surface area contributed by atoms with Crippen molar-refractivity contribution in [3.05, 3.63) is 0 Å². The minimum Gasteiger partial charge on any atom is -0.458 e. The number of hydrogen-bond donors (Lipinski definition) is 0. The first-order valence-corrected chi connectivity index (χ1v) is 8.98. The predicted molar refractivity (Wildman–Crippen MR) is 90.7 cm³/mol. The van der Waals surface area contributed by atoms with Crippen molar-refractivity contribution < 1.29 is 14.3 Å². The summed E-state index contributed by atoms with van der Waals surface area (Å²) in [7, 11) is 0. The molecule has 0 atom stereocenters. The summed E-state index contributed by atoms with van der Waals surface area (Å²) in [5.74, 6) is -0.910. The Morgan fingerprint density at radius 2 is 1.36 bits per heavy atom. The molecule has 0 radical (unpaired) electrons. The van der Waals surface area contributed by atoms with Crippen LogP contribution in [0.1, 0.15) is 79.1 Å². The Hall–Kier alpha value is -1.06. The highest BCUT2D eigenvalue weighted by Gasteiger charge is 2.22. The van der Waals surface area contributed by atoms with Crippen molar-refractivity contribution in [3.63, 3.8) is 0 Å². The number of carbonyl (C=O) groups excluding carboxylic acids is 2. The minimum absolute atomic E-state index is 0.249. The van der Waals surface area contributed by atoms with E-state index in [-0.39, 0.29) is 5.92 Å². The van der Waals surface area contributed by atoms with Crippen molar-refractivity contribution in [2.45, 2.75) is 79.1 Å². The van der Waals surface area contributed by atoms with Gasteiger partial charge in [0.1, 0.15) is 0 Å². The van der Waals surface area contributed by atoms with Gasteiger partial charge in [-0.1, -0.05) is 66.2 Å². The van der Waals surface area contributed by atoms with E-state index in [1.807, 2.05) is 13.8 Å². The zero-order valence-corrected chi connectivity index (χ0v) is 15.0. The van der Waals surface area contributed by atoms with Crippen LogP contribution in [0.15, 0.2) is 0 Å². The van der Waals surface area contributed by atoms with Gasteiger partial charge >= 0.3 is 11.9 Å². The lowest BCUT2D eigenvalue weighted by Crippen LogP contribution is -2.39. The third-order valence-corrected chi connectivity index (χ3v) is 3.57. The van der Waals surface area contributed by atoms with Gasteiger partial charge in [0.2, 0.25) is 0 Å². The monoisotopic (exact) mass is 313 g/mol. The van der Waals surface area contributed by atoms with Gasteiger partial charge in [0.25, 0.3) is 0 Å². The second-order valence-corrected chi connectivity index (χ2v) is 6.41. The van der Waals surface area contributed by atoms with E-state index in [1.54, 1.807) is 4.90 Å². The lowest BCUT2D eigenvalue weighted by atomic mass is 10.1. The fraction of sp³-hybridized carbons (Fsp3) is 0.889. The van der Waals surface area contributed by atoms with Gasteiger partial charge in [-0.05, 0) is 18.8 Å². The Labute approximate surface area is 136 Å². The van der Waals surface area contributed by atoms with Crippen LogP contribution in [0.25, 0.3) is 0 Å². The Morgan fingerprint density at radius 1 is 0.864 bits per heavy atom. The molecule has 0 fully saturated rings. The van der Waals surface area contributed by atoms with Crippen LogP contribution in [0.2, 0.25) is 0 Å². The van der Waals surface area contributed by atoms with Crippen LogP contribution in [0.4, 0.5) is 0 Å². The molecule has 4 heteroatoms. The molecule has 0 aliphatic heterocycles. The molecule has 0 aromatic heterocycles. The Morgan fingerprint density at radius 3 is 1.77 bits per heavy atom. The van der Waals surface area contributed by atoms with Crippen molar-refractivity contribution in [2.24, 2.45) is 5.92 Å². The van der Waals surface area contributed by atoms with E-state index < -0.39 is 11.9 Å². The number of esters is 1.